The van der Waals surface area contributed by atoms with E-state index in [0.29, 0.717) is 23.0 Å². The molecule has 1 aromatic carbocycles. The number of nitriles is 1. The van der Waals surface area contributed by atoms with Crippen LogP contribution in [0.15, 0.2) is 36.4 Å². The summed E-state index contributed by atoms with van der Waals surface area (Å²) in [4.78, 5) is 4.47. The Hall–Kier alpha value is -2.41. The van der Waals surface area contributed by atoms with Crippen LogP contribution in [0.25, 0.3) is 0 Å². The molecule has 1 aliphatic rings. The Labute approximate surface area is 110 Å². The number of aromatic nitrogens is 1. The number of nitrogens with one attached hydrogen (secondary N) is 1. The van der Waals surface area contributed by atoms with E-state index in [2.05, 4.69) is 16.4 Å². The molecule has 19 heavy (non-hydrogen) atoms. The van der Waals surface area contributed by atoms with Crippen molar-refractivity contribution in [2.24, 2.45) is 0 Å². The first kappa shape index (κ1) is 11.7. The van der Waals surface area contributed by atoms with Gasteiger partial charge >= 0.3 is 0 Å². The number of hydrogen-bond acceptors (Lipinski definition) is 3. The minimum atomic E-state index is -0.318. The van der Waals surface area contributed by atoms with Gasteiger partial charge in [-0.15, -0.1) is 0 Å². The fraction of sp³-hybridized carbons (Fsp3) is 0.200. The van der Waals surface area contributed by atoms with Crippen LogP contribution in [0.3, 0.4) is 0 Å². The maximum Gasteiger partial charge on any atom is 0.148 e. The van der Waals surface area contributed by atoms with Gasteiger partial charge in [-0.2, -0.15) is 5.26 Å². The van der Waals surface area contributed by atoms with Crippen LogP contribution in [0.2, 0.25) is 0 Å². The average molecular weight is 253 g/mol. The van der Waals surface area contributed by atoms with E-state index >= 15 is 0 Å². The second-order valence-corrected chi connectivity index (χ2v) is 4.65. The largest absolute Gasteiger partial charge is 0.339 e. The van der Waals surface area contributed by atoms with Gasteiger partial charge in [-0.1, -0.05) is 6.07 Å². The topological polar surface area (TPSA) is 48.7 Å². The van der Waals surface area contributed by atoms with Crippen molar-refractivity contribution in [3.05, 3.63) is 53.5 Å². The zero-order valence-corrected chi connectivity index (χ0v) is 10.2. The Bertz CT molecular complexity index is 657. The van der Waals surface area contributed by atoms with Gasteiger partial charge in [0, 0.05) is 17.3 Å². The smallest absolute Gasteiger partial charge is 0.148 e. The minimum absolute atomic E-state index is 0.318. The van der Waals surface area contributed by atoms with Gasteiger partial charge < -0.3 is 5.32 Å². The predicted molar refractivity (Wildman–Crippen MR) is 70.6 cm³/mol. The van der Waals surface area contributed by atoms with Gasteiger partial charge in [0.2, 0.25) is 0 Å². The third-order valence-electron chi connectivity index (χ3n) is 3.12. The Morgan fingerprint density at radius 1 is 1.26 bits per heavy atom. The number of nitrogens with zero attached hydrogens (tertiary/aromatic N) is 2. The number of benzene rings is 1. The van der Waals surface area contributed by atoms with Gasteiger partial charge in [0.15, 0.2) is 0 Å². The fourth-order valence-electron chi connectivity index (χ4n) is 1.97. The quantitative estimate of drug-likeness (QED) is 0.907. The standard InChI is InChI=1S/C15H12FN3/c16-12-2-1-3-13(8-12)18-15-11(9-17)6-7-14(19-15)10-4-5-10/h1-3,6-8,10H,4-5H2,(H,18,19). The van der Waals surface area contributed by atoms with Crippen LogP contribution >= 0.6 is 0 Å². The lowest BCUT2D eigenvalue weighted by Gasteiger charge is -2.09. The summed E-state index contributed by atoms with van der Waals surface area (Å²) < 4.78 is 13.1. The Balaban J connectivity index is 1.94. The number of hydrogen-bond donors (Lipinski definition) is 1. The van der Waals surface area contributed by atoms with E-state index in [9.17, 15) is 4.39 Å². The lowest BCUT2D eigenvalue weighted by atomic mass is 10.2. The SMILES string of the molecule is N#Cc1ccc(C2CC2)nc1Nc1cccc(F)c1. The third-order valence-corrected chi connectivity index (χ3v) is 3.12. The van der Waals surface area contributed by atoms with Crippen molar-refractivity contribution in [3.8, 4) is 6.07 Å². The van der Waals surface area contributed by atoms with Crippen LogP contribution in [-0.2, 0) is 0 Å². The number of anilines is 2. The maximum absolute atomic E-state index is 13.1. The second kappa shape index (κ2) is 4.69. The number of rotatable bonds is 3. The monoisotopic (exact) mass is 253 g/mol. The highest BCUT2D eigenvalue weighted by Crippen LogP contribution is 2.39. The molecular formula is C15H12FN3. The molecule has 0 radical (unpaired) electrons. The summed E-state index contributed by atoms with van der Waals surface area (Å²) in [6.07, 6.45) is 2.30. The lowest BCUT2D eigenvalue weighted by Crippen LogP contribution is -1.99. The van der Waals surface area contributed by atoms with Crippen molar-refractivity contribution < 1.29 is 4.39 Å². The van der Waals surface area contributed by atoms with Crippen LogP contribution in [-0.4, -0.2) is 4.98 Å². The molecule has 0 amide bonds. The highest BCUT2D eigenvalue weighted by Gasteiger charge is 2.25. The van der Waals surface area contributed by atoms with Crippen LogP contribution in [0.4, 0.5) is 15.9 Å². The molecule has 1 fully saturated rings. The molecule has 1 heterocycles. The Morgan fingerprint density at radius 2 is 2.11 bits per heavy atom. The van der Waals surface area contributed by atoms with E-state index in [0.717, 1.165) is 18.5 Å². The molecule has 94 valence electrons. The van der Waals surface area contributed by atoms with Gasteiger partial charge in [0.05, 0.1) is 5.56 Å². The molecule has 2 aromatic rings. The first-order valence-corrected chi connectivity index (χ1v) is 6.20. The van der Waals surface area contributed by atoms with E-state index in [1.807, 2.05) is 6.07 Å². The molecule has 4 heteroatoms. The summed E-state index contributed by atoms with van der Waals surface area (Å²) in [6.45, 7) is 0. The van der Waals surface area contributed by atoms with Crippen LogP contribution < -0.4 is 5.32 Å². The van der Waals surface area contributed by atoms with E-state index in [4.69, 9.17) is 5.26 Å². The zero-order chi connectivity index (χ0) is 13.2. The van der Waals surface area contributed by atoms with Gasteiger partial charge in [0.25, 0.3) is 0 Å². The molecule has 0 unspecified atom stereocenters. The first-order chi connectivity index (χ1) is 9.26. The van der Waals surface area contributed by atoms with Crippen molar-refractivity contribution >= 4 is 11.5 Å². The molecule has 0 bridgehead atoms. The molecule has 1 aromatic heterocycles. The third kappa shape index (κ3) is 2.55. The van der Waals surface area contributed by atoms with E-state index < -0.39 is 0 Å². The van der Waals surface area contributed by atoms with Gasteiger partial charge in [-0.3, -0.25) is 0 Å². The van der Waals surface area contributed by atoms with E-state index in [-0.39, 0.29) is 5.82 Å². The molecule has 1 N–H and O–H groups in total. The summed E-state index contributed by atoms with van der Waals surface area (Å²) in [7, 11) is 0. The van der Waals surface area contributed by atoms with Crippen molar-refractivity contribution in [1.82, 2.24) is 4.98 Å². The number of pyridine rings is 1. The minimum Gasteiger partial charge on any atom is -0.339 e. The highest BCUT2D eigenvalue weighted by molar-refractivity contribution is 5.63. The Morgan fingerprint density at radius 3 is 2.79 bits per heavy atom. The summed E-state index contributed by atoms with van der Waals surface area (Å²) in [5, 5.41) is 12.1. The maximum atomic E-state index is 13.1. The van der Waals surface area contributed by atoms with Gasteiger partial charge in [-0.25, -0.2) is 9.37 Å². The molecule has 0 atom stereocenters. The zero-order valence-electron chi connectivity index (χ0n) is 10.2. The molecule has 0 aliphatic heterocycles. The van der Waals surface area contributed by atoms with Crippen molar-refractivity contribution in [2.45, 2.75) is 18.8 Å². The summed E-state index contributed by atoms with van der Waals surface area (Å²) >= 11 is 0. The summed E-state index contributed by atoms with van der Waals surface area (Å²) in [5.41, 5.74) is 2.06. The Kier molecular flexibility index (Phi) is 2.88. The molecule has 1 saturated carbocycles. The van der Waals surface area contributed by atoms with Crippen molar-refractivity contribution in [3.63, 3.8) is 0 Å². The summed E-state index contributed by atoms with van der Waals surface area (Å²) in [6, 6.07) is 11.9. The predicted octanol–water partition coefficient (Wildman–Crippen LogP) is 3.71. The molecule has 3 nitrogen and oxygen atoms in total. The fourth-order valence-corrected chi connectivity index (χ4v) is 1.97. The second-order valence-electron chi connectivity index (χ2n) is 4.65. The van der Waals surface area contributed by atoms with Crippen LogP contribution in [0.5, 0.6) is 0 Å². The summed E-state index contributed by atoms with van der Waals surface area (Å²) in [5.74, 6) is 0.695. The first-order valence-electron chi connectivity index (χ1n) is 6.20. The average Bonchev–Trinajstić information content (AvgIpc) is 3.23. The van der Waals surface area contributed by atoms with E-state index in [1.54, 1.807) is 18.2 Å². The molecular weight excluding hydrogens is 241 g/mol. The molecule has 1 aliphatic carbocycles. The van der Waals surface area contributed by atoms with Crippen LogP contribution in [0.1, 0.15) is 30.0 Å². The normalized spacial score (nSPS) is 13.9. The molecule has 0 spiro atoms. The van der Waals surface area contributed by atoms with Crippen molar-refractivity contribution in [1.29, 1.82) is 5.26 Å². The van der Waals surface area contributed by atoms with Crippen molar-refractivity contribution in [2.75, 3.05) is 5.32 Å². The van der Waals surface area contributed by atoms with E-state index in [1.165, 1.54) is 12.1 Å². The molecule has 3 rings (SSSR count). The van der Waals surface area contributed by atoms with Gasteiger partial charge in [-0.05, 0) is 43.2 Å². The van der Waals surface area contributed by atoms with Gasteiger partial charge in [0.1, 0.15) is 17.7 Å². The lowest BCUT2D eigenvalue weighted by molar-refractivity contribution is 0.628. The number of halogens is 1. The van der Waals surface area contributed by atoms with Crippen LogP contribution in [0, 0.1) is 17.1 Å². The molecule has 0 saturated heterocycles. The highest BCUT2D eigenvalue weighted by atomic mass is 19.1.